The van der Waals surface area contributed by atoms with Crippen molar-refractivity contribution >= 4 is 16.3 Å². The number of rotatable bonds is 2. The molecule has 0 spiro atoms. The molecule has 4 nitrogen and oxygen atoms in total. The Kier molecular flexibility index (Phi) is 2.82. The van der Waals surface area contributed by atoms with E-state index in [4.69, 9.17) is 0 Å². The van der Waals surface area contributed by atoms with Gasteiger partial charge in [0.2, 0.25) is 4.96 Å². The van der Waals surface area contributed by atoms with Gasteiger partial charge in [-0.25, -0.2) is 9.50 Å². The summed E-state index contributed by atoms with van der Waals surface area (Å²) in [5, 5.41) is 8.23. The third-order valence-corrected chi connectivity index (χ3v) is 4.92. The number of fused-ring (bicyclic) bond motifs is 3. The molecular weight excluding hydrogens is 268 g/mol. The lowest BCUT2D eigenvalue weighted by atomic mass is 10.0. The molecule has 0 saturated heterocycles. The summed E-state index contributed by atoms with van der Waals surface area (Å²) in [6.07, 6.45) is 1.91. The number of hydrogen-bond acceptors (Lipinski definition) is 4. The predicted molar refractivity (Wildman–Crippen MR) is 80.2 cm³/mol. The van der Waals surface area contributed by atoms with Crippen LogP contribution < -0.4 is 5.32 Å². The summed E-state index contributed by atoms with van der Waals surface area (Å²) >= 11 is 1.77. The van der Waals surface area contributed by atoms with E-state index in [0.717, 1.165) is 30.2 Å². The van der Waals surface area contributed by atoms with E-state index in [1.807, 2.05) is 0 Å². The standard InChI is InChI=1S/C15H16N4S/c1-2-12-17-15-19(18-12)11-8-9-16-13(14(11)20-15)10-6-4-3-5-7-10/h3-7,13,16H,2,8-9H2,1H3. The third-order valence-electron chi connectivity index (χ3n) is 3.78. The van der Waals surface area contributed by atoms with Crippen LogP contribution >= 0.6 is 11.3 Å². The van der Waals surface area contributed by atoms with Crippen molar-refractivity contribution in [1.82, 2.24) is 19.9 Å². The fourth-order valence-corrected chi connectivity index (χ4v) is 4.02. The highest BCUT2D eigenvalue weighted by atomic mass is 32.1. The molecule has 1 unspecified atom stereocenters. The monoisotopic (exact) mass is 284 g/mol. The average molecular weight is 284 g/mol. The molecule has 0 aliphatic carbocycles. The van der Waals surface area contributed by atoms with E-state index < -0.39 is 0 Å². The van der Waals surface area contributed by atoms with Gasteiger partial charge in [0.25, 0.3) is 0 Å². The lowest BCUT2D eigenvalue weighted by Gasteiger charge is -2.23. The number of nitrogens with zero attached hydrogens (tertiary/aromatic N) is 3. The highest BCUT2D eigenvalue weighted by Crippen LogP contribution is 2.34. The molecule has 0 saturated carbocycles. The molecule has 0 radical (unpaired) electrons. The minimum absolute atomic E-state index is 0.276. The van der Waals surface area contributed by atoms with E-state index in [1.165, 1.54) is 16.1 Å². The molecule has 1 N–H and O–H groups in total. The van der Waals surface area contributed by atoms with Gasteiger partial charge in [-0.05, 0) is 5.56 Å². The van der Waals surface area contributed by atoms with E-state index in [-0.39, 0.29) is 6.04 Å². The van der Waals surface area contributed by atoms with Crippen LogP contribution in [-0.4, -0.2) is 21.1 Å². The minimum atomic E-state index is 0.276. The Labute approximate surface area is 121 Å². The molecule has 0 bridgehead atoms. The van der Waals surface area contributed by atoms with Crippen LogP contribution in [0, 0.1) is 0 Å². The Morgan fingerprint density at radius 3 is 3.00 bits per heavy atom. The van der Waals surface area contributed by atoms with Crippen LogP contribution in [0.5, 0.6) is 0 Å². The number of thiazole rings is 1. The first-order chi connectivity index (χ1) is 9.86. The Morgan fingerprint density at radius 1 is 1.35 bits per heavy atom. The summed E-state index contributed by atoms with van der Waals surface area (Å²) in [5.74, 6) is 0.939. The van der Waals surface area contributed by atoms with Crippen LogP contribution in [0.4, 0.5) is 0 Å². The SMILES string of the molecule is CCc1nc2sc3c(n2n1)CCNC3c1ccccc1. The summed E-state index contributed by atoms with van der Waals surface area (Å²) in [6.45, 7) is 3.08. The predicted octanol–water partition coefficient (Wildman–Crippen LogP) is 2.59. The van der Waals surface area contributed by atoms with Crippen LogP contribution in [0.15, 0.2) is 30.3 Å². The number of aromatic nitrogens is 3. The van der Waals surface area contributed by atoms with Gasteiger partial charge in [-0.1, -0.05) is 48.6 Å². The smallest absolute Gasteiger partial charge is 0.212 e. The van der Waals surface area contributed by atoms with Gasteiger partial charge in [0, 0.05) is 19.4 Å². The van der Waals surface area contributed by atoms with Gasteiger partial charge in [0.1, 0.15) is 0 Å². The van der Waals surface area contributed by atoms with Crippen LogP contribution in [-0.2, 0) is 12.8 Å². The van der Waals surface area contributed by atoms with Crippen molar-refractivity contribution in [1.29, 1.82) is 0 Å². The van der Waals surface area contributed by atoms with E-state index in [0.29, 0.717) is 0 Å². The first kappa shape index (κ1) is 12.1. The van der Waals surface area contributed by atoms with Crippen molar-refractivity contribution in [3.05, 3.63) is 52.3 Å². The third kappa shape index (κ3) is 1.77. The Hall–Kier alpha value is -1.72. The van der Waals surface area contributed by atoms with E-state index in [1.54, 1.807) is 11.3 Å². The minimum Gasteiger partial charge on any atom is -0.305 e. The van der Waals surface area contributed by atoms with Crippen molar-refractivity contribution in [3.8, 4) is 0 Å². The van der Waals surface area contributed by atoms with E-state index in [2.05, 4.69) is 57.2 Å². The van der Waals surface area contributed by atoms with Crippen molar-refractivity contribution in [2.45, 2.75) is 25.8 Å². The second kappa shape index (κ2) is 4.68. The number of hydrogen-bond donors (Lipinski definition) is 1. The summed E-state index contributed by atoms with van der Waals surface area (Å²) in [4.78, 5) is 6.99. The average Bonchev–Trinajstić information content (AvgIpc) is 3.05. The number of nitrogens with one attached hydrogen (secondary N) is 1. The maximum atomic E-state index is 4.62. The Balaban J connectivity index is 1.85. The molecular formula is C15H16N4S. The molecule has 5 heteroatoms. The van der Waals surface area contributed by atoms with Gasteiger partial charge < -0.3 is 5.32 Å². The van der Waals surface area contributed by atoms with Gasteiger partial charge in [-0.2, -0.15) is 5.10 Å². The molecule has 0 amide bonds. The van der Waals surface area contributed by atoms with Crippen LogP contribution in [0.2, 0.25) is 0 Å². The number of benzene rings is 1. The molecule has 1 aliphatic heterocycles. The first-order valence-electron chi connectivity index (χ1n) is 7.02. The van der Waals surface area contributed by atoms with Crippen molar-refractivity contribution in [2.75, 3.05) is 6.54 Å². The van der Waals surface area contributed by atoms with Crippen LogP contribution in [0.25, 0.3) is 4.96 Å². The Morgan fingerprint density at radius 2 is 2.20 bits per heavy atom. The fourth-order valence-electron chi connectivity index (χ4n) is 2.79. The second-order valence-electron chi connectivity index (χ2n) is 5.04. The van der Waals surface area contributed by atoms with Gasteiger partial charge >= 0.3 is 0 Å². The highest BCUT2D eigenvalue weighted by molar-refractivity contribution is 7.17. The zero-order chi connectivity index (χ0) is 13.5. The van der Waals surface area contributed by atoms with E-state index in [9.17, 15) is 0 Å². The Bertz CT molecular complexity index is 744. The lowest BCUT2D eigenvalue weighted by molar-refractivity contribution is 0.561. The van der Waals surface area contributed by atoms with Crippen LogP contribution in [0.1, 0.15) is 34.9 Å². The normalized spacial score (nSPS) is 18.4. The molecule has 1 aromatic carbocycles. The molecule has 102 valence electrons. The van der Waals surface area contributed by atoms with Gasteiger partial charge in [0.05, 0.1) is 16.6 Å². The van der Waals surface area contributed by atoms with Gasteiger partial charge in [-0.3, -0.25) is 0 Å². The number of aryl methyl sites for hydroxylation is 1. The second-order valence-corrected chi connectivity index (χ2v) is 6.05. The maximum Gasteiger partial charge on any atom is 0.212 e. The molecule has 1 atom stereocenters. The molecule has 20 heavy (non-hydrogen) atoms. The van der Waals surface area contributed by atoms with E-state index >= 15 is 0 Å². The highest BCUT2D eigenvalue weighted by Gasteiger charge is 2.27. The van der Waals surface area contributed by atoms with Crippen molar-refractivity contribution < 1.29 is 0 Å². The molecule has 3 aromatic rings. The summed E-state index contributed by atoms with van der Waals surface area (Å²) in [5.41, 5.74) is 2.64. The van der Waals surface area contributed by atoms with Gasteiger partial charge in [-0.15, -0.1) is 0 Å². The largest absolute Gasteiger partial charge is 0.305 e. The topological polar surface area (TPSA) is 42.2 Å². The molecule has 4 rings (SSSR count). The quantitative estimate of drug-likeness (QED) is 0.786. The molecule has 0 fully saturated rings. The lowest BCUT2D eigenvalue weighted by Crippen LogP contribution is -2.30. The molecule has 2 aromatic heterocycles. The van der Waals surface area contributed by atoms with Crippen molar-refractivity contribution in [2.24, 2.45) is 0 Å². The zero-order valence-corrected chi connectivity index (χ0v) is 12.2. The van der Waals surface area contributed by atoms with Crippen LogP contribution in [0.3, 0.4) is 0 Å². The van der Waals surface area contributed by atoms with Gasteiger partial charge in [0.15, 0.2) is 5.82 Å². The zero-order valence-electron chi connectivity index (χ0n) is 11.3. The molecule has 3 heterocycles. The summed E-state index contributed by atoms with van der Waals surface area (Å²) in [6, 6.07) is 10.9. The maximum absolute atomic E-state index is 4.62. The summed E-state index contributed by atoms with van der Waals surface area (Å²) < 4.78 is 2.05. The summed E-state index contributed by atoms with van der Waals surface area (Å²) in [7, 11) is 0. The fraction of sp³-hybridized carbons (Fsp3) is 0.333. The molecule has 1 aliphatic rings. The van der Waals surface area contributed by atoms with Crippen molar-refractivity contribution in [3.63, 3.8) is 0 Å². The first-order valence-corrected chi connectivity index (χ1v) is 7.84.